The summed E-state index contributed by atoms with van der Waals surface area (Å²) in [5.74, 6) is -0.587. The Hall–Kier alpha value is -3.32. The number of halogens is 1. The molecule has 2 aromatic carbocycles. The summed E-state index contributed by atoms with van der Waals surface area (Å²) in [7, 11) is 0. The Kier molecular flexibility index (Phi) is 4.64. The van der Waals surface area contributed by atoms with Crippen molar-refractivity contribution < 1.29 is 9.90 Å². The van der Waals surface area contributed by atoms with Gasteiger partial charge in [0.05, 0.1) is 15.9 Å². The number of aromatic hydroxyl groups is 1. The van der Waals surface area contributed by atoms with E-state index in [1.54, 1.807) is 49.4 Å². The van der Waals surface area contributed by atoms with Gasteiger partial charge >= 0.3 is 6.03 Å². The van der Waals surface area contributed by atoms with Crippen molar-refractivity contribution in [1.82, 2.24) is 4.98 Å². The first kappa shape index (κ1) is 17.5. The summed E-state index contributed by atoms with van der Waals surface area (Å²) in [6.07, 6.45) is 0. The lowest BCUT2D eigenvalue weighted by Crippen LogP contribution is -2.30. The molecule has 0 aliphatic heterocycles. The van der Waals surface area contributed by atoms with Crippen LogP contribution in [0.4, 0.5) is 16.2 Å². The summed E-state index contributed by atoms with van der Waals surface area (Å²) < 4.78 is 0. The van der Waals surface area contributed by atoms with Gasteiger partial charge in [-0.1, -0.05) is 29.8 Å². The van der Waals surface area contributed by atoms with Crippen molar-refractivity contribution in [2.24, 2.45) is 0 Å². The molecule has 2 amide bonds. The number of amides is 2. The minimum Gasteiger partial charge on any atom is -0.505 e. The Bertz CT molecular complexity index is 1130. The van der Waals surface area contributed by atoms with E-state index in [2.05, 4.69) is 15.6 Å². The molecule has 1 aromatic heterocycles. The number of hydrogen-bond donors (Lipinski definition) is 4. The number of nitrogens with one attached hydrogen (secondary N) is 3. The highest BCUT2D eigenvalue weighted by molar-refractivity contribution is 6.36. The molecule has 26 heavy (non-hydrogen) atoms. The van der Waals surface area contributed by atoms with Gasteiger partial charge in [0.25, 0.3) is 11.0 Å². The van der Waals surface area contributed by atoms with E-state index < -0.39 is 28.5 Å². The van der Waals surface area contributed by atoms with Gasteiger partial charge < -0.3 is 20.7 Å². The third-order valence-corrected chi connectivity index (χ3v) is 3.96. The minimum atomic E-state index is -1.09. The monoisotopic (exact) mass is 371 g/mol. The number of H-pyrrole nitrogens is 1. The Morgan fingerprint density at radius 1 is 1.12 bits per heavy atom. The van der Waals surface area contributed by atoms with Gasteiger partial charge in [0, 0.05) is 5.69 Å². The van der Waals surface area contributed by atoms with Gasteiger partial charge in [-0.2, -0.15) is 0 Å². The van der Waals surface area contributed by atoms with Crippen LogP contribution in [0.15, 0.2) is 52.1 Å². The van der Waals surface area contributed by atoms with Crippen molar-refractivity contribution in [3.8, 4) is 5.75 Å². The lowest BCUT2D eigenvalue weighted by molar-refractivity contribution is 0.262. The first-order valence-corrected chi connectivity index (χ1v) is 7.97. The fourth-order valence-corrected chi connectivity index (χ4v) is 2.88. The van der Waals surface area contributed by atoms with Crippen molar-refractivity contribution in [3.05, 3.63) is 73.6 Å². The van der Waals surface area contributed by atoms with Gasteiger partial charge in [-0.25, -0.2) is 4.79 Å². The van der Waals surface area contributed by atoms with E-state index in [1.165, 1.54) is 0 Å². The Labute approximate surface area is 152 Å². The van der Waals surface area contributed by atoms with Crippen LogP contribution >= 0.6 is 11.6 Å². The molecule has 0 aliphatic carbocycles. The average Bonchev–Trinajstić information content (AvgIpc) is 2.66. The number of rotatable bonds is 2. The van der Waals surface area contributed by atoms with Crippen LogP contribution in [0.1, 0.15) is 5.56 Å². The number of hydrogen-bond acceptors (Lipinski definition) is 4. The predicted octanol–water partition coefficient (Wildman–Crippen LogP) is 3.20. The maximum atomic E-state index is 12.3. The van der Waals surface area contributed by atoms with Crippen LogP contribution in [0.3, 0.4) is 0 Å². The number of aromatic nitrogens is 1. The molecule has 0 saturated heterocycles. The van der Waals surface area contributed by atoms with Crippen molar-refractivity contribution in [2.75, 3.05) is 10.6 Å². The second-order valence-electron chi connectivity index (χ2n) is 5.62. The van der Waals surface area contributed by atoms with Crippen LogP contribution in [0.25, 0.3) is 10.9 Å². The standard InChI is InChI=1S/C18H14ClN3O4/c1-9-7-11(19)13-12(8-9)21-17(25)16(24)14(15(13)23)22-18(26)20-10-5-3-2-4-6-10/h2-8H,1H3,(H4,20,21,22,23,24,25,26). The Morgan fingerprint density at radius 2 is 1.81 bits per heavy atom. The summed E-state index contributed by atoms with van der Waals surface area (Å²) in [5.41, 5.74) is -1.24. The molecule has 0 saturated carbocycles. The topological polar surface area (TPSA) is 111 Å². The second-order valence-corrected chi connectivity index (χ2v) is 6.03. The number of carbonyl (C=O) groups is 1. The summed E-state index contributed by atoms with van der Waals surface area (Å²) in [5, 5.41) is 15.4. The molecule has 3 aromatic rings. The van der Waals surface area contributed by atoms with Crippen LogP contribution in [0, 0.1) is 6.92 Å². The molecule has 0 bridgehead atoms. The first-order valence-electron chi connectivity index (χ1n) is 7.59. The van der Waals surface area contributed by atoms with Gasteiger partial charge in [0.15, 0.2) is 5.75 Å². The molecule has 1 heterocycles. The van der Waals surface area contributed by atoms with Crippen molar-refractivity contribution in [1.29, 1.82) is 0 Å². The van der Waals surface area contributed by atoms with Crippen LogP contribution in [-0.2, 0) is 0 Å². The normalized spacial score (nSPS) is 10.5. The van der Waals surface area contributed by atoms with E-state index >= 15 is 0 Å². The molecule has 7 nitrogen and oxygen atoms in total. The first-order chi connectivity index (χ1) is 12.4. The smallest absolute Gasteiger partial charge is 0.323 e. The van der Waals surface area contributed by atoms with Crippen molar-refractivity contribution in [3.63, 3.8) is 0 Å². The summed E-state index contributed by atoms with van der Waals surface area (Å²) in [4.78, 5) is 38.9. The zero-order chi connectivity index (χ0) is 18.8. The molecule has 0 unspecified atom stereocenters. The third-order valence-electron chi connectivity index (χ3n) is 3.66. The lowest BCUT2D eigenvalue weighted by atomic mass is 10.1. The molecular weight excluding hydrogens is 358 g/mol. The van der Waals surface area contributed by atoms with Gasteiger partial charge in [-0.3, -0.25) is 9.59 Å². The quantitative estimate of drug-likeness (QED) is 0.518. The molecule has 0 aliphatic rings. The highest BCUT2D eigenvalue weighted by Crippen LogP contribution is 2.33. The zero-order valence-corrected chi connectivity index (χ0v) is 14.3. The molecule has 8 heteroatoms. The number of benzene rings is 2. The third kappa shape index (κ3) is 3.38. The van der Waals surface area contributed by atoms with Gasteiger partial charge in [-0.15, -0.1) is 0 Å². The zero-order valence-electron chi connectivity index (χ0n) is 13.6. The summed E-state index contributed by atoms with van der Waals surface area (Å²) in [6, 6.07) is 10.8. The van der Waals surface area contributed by atoms with Gasteiger partial charge in [-0.05, 0) is 36.8 Å². The Morgan fingerprint density at radius 3 is 2.50 bits per heavy atom. The summed E-state index contributed by atoms with van der Waals surface area (Å²) in [6.45, 7) is 1.75. The fraction of sp³-hybridized carbons (Fsp3) is 0.0556. The average molecular weight is 372 g/mol. The number of fused-ring (bicyclic) bond motifs is 1. The lowest BCUT2D eigenvalue weighted by Gasteiger charge is -2.08. The van der Waals surface area contributed by atoms with E-state index in [9.17, 15) is 19.5 Å². The number of carbonyl (C=O) groups excluding carboxylic acids is 1. The predicted molar refractivity (Wildman–Crippen MR) is 101 cm³/mol. The number of anilines is 2. The molecule has 0 spiro atoms. The van der Waals surface area contributed by atoms with Crippen molar-refractivity contribution >= 4 is 39.9 Å². The van der Waals surface area contributed by atoms with Crippen LogP contribution in [0.5, 0.6) is 5.75 Å². The number of aryl methyl sites for hydroxylation is 1. The SMILES string of the molecule is Cc1cc(Cl)c2c(O)c(NC(=O)Nc3ccccc3)c(=O)c(=O)[nH]c2c1. The molecule has 3 rings (SSSR count). The van der Waals surface area contributed by atoms with Crippen LogP contribution in [0.2, 0.25) is 5.02 Å². The maximum Gasteiger partial charge on any atom is 0.323 e. The second kappa shape index (κ2) is 6.89. The van der Waals surface area contributed by atoms with E-state index in [4.69, 9.17) is 11.6 Å². The van der Waals surface area contributed by atoms with E-state index in [0.29, 0.717) is 5.69 Å². The fourth-order valence-electron chi connectivity index (χ4n) is 2.52. The molecule has 0 fully saturated rings. The van der Waals surface area contributed by atoms with Gasteiger partial charge in [0.2, 0.25) is 0 Å². The van der Waals surface area contributed by atoms with Crippen LogP contribution in [-0.4, -0.2) is 16.1 Å². The highest BCUT2D eigenvalue weighted by Gasteiger charge is 2.17. The minimum absolute atomic E-state index is 0.0616. The largest absolute Gasteiger partial charge is 0.505 e. The molecule has 0 radical (unpaired) electrons. The number of para-hydroxylation sites is 1. The van der Waals surface area contributed by atoms with Crippen molar-refractivity contribution in [2.45, 2.75) is 6.92 Å². The molecule has 4 N–H and O–H groups in total. The molecule has 132 valence electrons. The summed E-state index contributed by atoms with van der Waals surface area (Å²) >= 11 is 6.16. The van der Waals surface area contributed by atoms with Gasteiger partial charge in [0.1, 0.15) is 5.69 Å². The molecular formula is C18H14ClN3O4. The van der Waals surface area contributed by atoms with E-state index in [1.807, 2.05) is 0 Å². The van der Waals surface area contributed by atoms with Crippen LogP contribution < -0.4 is 21.6 Å². The Balaban J connectivity index is 2.13. The van der Waals surface area contributed by atoms with E-state index in [0.717, 1.165) is 5.56 Å². The number of urea groups is 1. The number of aromatic amines is 1. The maximum absolute atomic E-state index is 12.3. The molecule has 0 atom stereocenters. The van der Waals surface area contributed by atoms with E-state index in [-0.39, 0.29) is 15.9 Å². The highest BCUT2D eigenvalue weighted by atomic mass is 35.5.